The number of hydrogen-bond donors (Lipinski definition) is 1. The number of rotatable bonds is 2. The minimum atomic E-state index is -0.143. The number of piperazine rings is 1. The van der Waals surface area contributed by atoms with Crippen LogP contribution >= 0.6 is 0 Å². The summed E-state index contributed by atoms with van der Waals surface area (Å²) in [6.45, 7) is 5.78. The van der Waals surface area contributed by atoms with Gasteiger partial charge in [0.2, 0.25) is 0 Å². The molecule has 110 valence electrons. The van der Waals surface area contributed by atoms with Gasteiger partial charge in [-0.15, -0.1) is 0 Å². The molecule has 21 heavy (non-hydrogen) atoms. The molecule has 1 N–H and O–H groups in total. The highest BCUT2D eigenvalue weighted by Crippen LogP contribution is 2.31. The molecule has 0 spiro atoms. The Labute approximate surface area is 125 Å². The molecule has 2 aromatic carbocycles. The predicted octanol–water partition coefficient (Wildman–Crippen LogP) is 3.67. The number of anilines is 1. The van der Waals surface area contributed by atoms with Gasteiger partial charge < -0.3 is 10.2 Å². The fraction of sp³-hybridized carbons (Fsp3) is 0.333. The molecule has 0 aliphatic carbocycles. The zero-order valence-corrected chi connectivity index (χ0v) is 12.5. The minimum absolute atomic E-state index is 0.143. The molecule has 0 amide bonds. The van der Waals surface area contributed by atoms with Gasteiger partial charge in [0.05, 0.1) is 11.7 Å². The highest BCUT2D eigenvalue weighted by atomic mass is 19.1. The van der Waals surface area contributed by atoms with E-state index in [4.69, 9.17) is 0 Å². The SMILES string of the molecule is Cc1ccc(F)c(N2CC(C)NCC2c2ccccc2)c1. The third kappa shape index (κ3) is 2.93. The van der Waals surface area contributed by atoms with Crippen LogP contribution < -0.4 is 10.2 Å². The Morgan fingerprint density at radius 3 is 2.67 bits per heavy atom. The molecule has 1 heterocycles. The highest BCUT2D eigenvalue weighted by molar-refractivity contribution is 5.53. The lowest BCUT2D eigenvalue weighted by molar-refractivity contribution is 0.412. The summed E-state index contributed by atoms with van der Waals surface area (Å²) in [6.07, 6.45) is 0. The topological polar surface area (TPSA) is 15.3 Å². The van der Waals surface area contributed by atoms with Crippen molar-refractivity contribution in [1.29, 1.82) is 0 Å². The summed E-state index contributed by atoms with van der Waals surface area (Å²) in [5.41, 5.74) is 3.01. The van der Waals surface area contributed by atoms with Crippen LogP contribution in [0, 0.1) is 12.7 Å². The second kappa shape index (κ2) is 5.86. The van der Waals surface area contributed by atoms with Gasteiger partial charge in [0.15, 0.2) is 0 Å². The van der Waals surface area contributed by atoms with Crippen molar-refractivity contribution in [2.24, 2.45) is 0 Å². The van der Waals surface area contributed by atoms with Gasteiger partial charge in [-0.1, -0.05) is 36.4 Å². The molecule has 2 unspecified atom stereocenters. The zero-order valence-electron chi connectivity index (χ0n) is 12.5. The Morgan fingerprint density at radius 1 is 1.14 bits per heavy atom. The normalized spacial score (nSPS) is 22.3. The molecule has 1 fully saturated rings. The number of nitrogens with one attached hydrogen (secondary N) is 1. The molecule has 2 nitrogen and oxygen atoms in total. The molecule has 3 rings (SSSR count). The van der Waals surface area contributed by atoms with Gasteiger partial charge in [-0.2, -0.15) is 0 Å². The fourth-order valence-electron chi connectivity index (χ4n) is 2.99. The van der Waals surface area contributed by atoms with E-state index < -0.39 is 0 Å². The summed E-state index contributed by atoms with van der Waals surface area (Å²) in [7, 11) is 0. The standard InChI is InChI=1S/C18H21FN2/c1-13-8-9-16(19)17(10-13)21-12-14(2)20-11-18(21)15-6-4-3-5-7-15/h3-10,14,18,20H,11-12H2,1-2H3. The smallest absolute Gasteiger partial charge is 0.146 e. The van der Waals surface area contributed by atoms with E-state index in [-0.39, 0.29) is 11.9 Å². The number of benzene rings is 2. The molecule has 0 bridgehead atoms. The first-order chi connectivity index (χ1) is 10.1. The lowest BCUT2D eigenvalue weighted by Gasteiger charge is -2.41. The molecular formula is C18H21FN2. The zero-order chi connectivity index (χ0) is 14.8. The molecule has 1 saturated heterocycles. The number of aryl methyl sites for hydroxylation is 1. The van der Waals surface area contributed by atoms with Crippen LogP contribution in [-0.4, -0.2) is 19.1 Å². The van der Waals surface area contributed by atoms with Gasteiger partial charge in [0.1, 0.15) is 5.82 Å². The van der Waals surface area contributed by atoms with E-state index in [1.165, 1.54) is 5.56 Å². The van der Waals surface area contributed by atoms with E-state index in [2.05, 4.69) is 29.3 Å². The van der Waals surface area contributed by atoms with Gasteiger partial charge in [0, 0.05) is 19.1 Å². The molecule has 1 aliphatic rings. The van der Waals surface area contributed by atoms with Crippen molar-refractivity contribution >= 4 is 5.69 Å². The summed E-state index contributed by atoms with van der Waals surface area (Å²) in [5.74, 6) is -0.143. The summed E-state index contributed by atoms with van der Waals surface area (Å²) < 4.78 is 14.3. The molecule has 0 aromatic heterocycles. The van der Waals surface area contributed by atoms with E-state index in [9.17, 15) is 4.39 Å². The molecule has 0 saturated carbocycles. The quantitative estimate of drug-likeness (QED) is 0.905. The van der Waals surface area contributed by atoms with Gasteiger partial charge >= 0.3 is 0 Å². The predicted molar refractivity (Wildman–Crippen MR) is 85.1 cm³/mol. The number of nitrogens with zero attached hydrogens (tertiary/aromatic N) is 1. The summed E-state index contributed by atoms with van der Waals surface area (Å²) in [6, 6.07) is 16.2. The van der Waals surface area contributed by atoms with Gasteiger partial charge in [-0.25, -0.2) is 4.39 Å². The lowest BCUT2D eigenvalue weighted by atomic mass is 10.00. The maximum atomic E-state index is 14.3. The summed E-state index contributed by atoms with van der Waals surface area (Å²) >= 11 is 0. The first-order valence-corrected chi connectivity index (χ1v) is 7.46. The van der Waals surface area contributed by atoms with E-state index in [1.807, 2.05) is 37.3 Å². The first kappa shape index (κ1) is 14.1. The Bertz CT molecular complexity index is 612. The second-order valence-electron chi connectivity index (χ2n) is 5.84. The lowest BCUT2D eigenvalue weighted by Crippen LogP contribution is -2.51. The van der Waals surface area contributed by atoms with Crippen LogP contribution in [0.2, 0.25) is 0 Å². The van der Waals surface area contributed by atoms with Crippen molar-refractivity contribution in [2.45, 2.75) is 25.9 Å². The van der Waals surface area contributed by atoms with E-state index in [0.717, 1.165) is 18.7 Å². The first-order valence-electron chi connectivity index (χ1n) is 7.46. The van der Waals surface area contributed by atoms with Crippen LogP contribution in [0.15, 0.2) is 48.5 Å². The van der Waals surface area contributed by atoms with Crippen LogP contribution in [0.5, 0.6) is 0 Å². The average molecular weight is 284 g/mol. The van der Waals surface area contributed by atoms with Crippen LogP contribution in [0.25, 0.3) is 0 Å². The van der Waals surface area contributed by atoms with Crippen LogP contribution in [0.4, 0.5) is 10.1 Å². The van der Waals surface area contributed by atoms with E-state index in [1.54, 1.807) is 6.07 Å². The Kier molecular flexibility index (Phi) is 3.93. The second-order valence-corrected chi connectivity index (χ2v) is 5.84. The van der Waals surface area contributed by atoms with E-state index >= 15 is 0 Å². The van der Waals surface area contributed by atoms with Gasteiger partial charge in [0.25, 0.3) is 0 Å². The molecular weight excluding hydrogens is 263 g/mol. The molecule has 0 radical (unpaired) electrons. The summed E-state index contributed by atoms with van der Waals surface area (Å²) in [4.78, 5) is 2.19. The maximum absolute atomic E-state index is 14.3. The van der Waals surface area contributed by atoms with Crippen molar-refractivity contribution < 1.29 is 4.39 Å². The Hall–Kier alpha value is -1.87. The molecule has 2 atom stereocenters. The largest absolute Gasteiger partial charge is 0.359 e. The molecule has 3 heteroatoms. The van der Waals surface area contributed by atoms with Crippen molar-refractivity contribution in [3.05, 3.63) is 65.5 Å². The highest BCUT2D eigenvalue weighted by Gasteiger charge is 2.28. The van der Waals surface area contributed by atoms with Gasteiger partial charge in [-0.05, 0) is 37.1 Å². The van der Waals surface area contributed by atoms with Crippen molar-refractivity contribution in [1.82, 2.24) is 5.32 Å². The van der Waals surface area contributed by atoms with Crippen LogP contribution in [-0.2, 0) is 0 Å². The summed E-state index contributed by atoms with van der Waals surface area (Å²) in [5, 5.41) is 3.50. The van der Waals surface area contributed by atoms with Crippen molar-refractivity contribution in [3.63, 3.8) is 0 Å². The third-order valence-corrected chi connectivity index (χ3v) is 4.10. The maximum Gasteiger partial charge on any atom is 0.146 e. The Morgan fingerprint density at radius 2 is 1.90 bits per heavy atom. The van der Waals surface area contributed by atoms with Gasteiger partial charge in [-0.3, -0.25) is 0 Å². The van der Waals surface area contributed by atoms with Crippen molar-refractivity contribution in [2.75, 3.05) is 18.0 Å². The number of halogens is 1. The fourth-order valence-corrected chi connectivity index (χ4v) is 2.99. The molecule has 1 aliphatic heterocycles. The average Bonchev–Trinajstić information content (AvgIpc) is 2.50. The monoisotopic (exact) mass is 284 g/mol. The van der Waals surface area contributed by atoms with Crippen LogP contribution in [0.3, 0.4) is 0 Å². The number of hydrogen-bond acceptors (Lipinski definition) is 2. The van der Waals surface area contributed by atoms with E-state index in [0.29, 0.717) is 11.7 Å². The Balaban J connectivity index is 2.00. The van der Waals surface area contributed by atoms with Crippen molar-refractivity contribution in [3.8, 4) is 0 Å². The minimum Gasteiger partial charge on any atom is -0.359 e. The third-order valence-electron chi connectivity index (χ3n) is 4.10. The molecule has 2 aromatic rings. The van der Waals surface area contributed by atoms with Crippen LogP contribution in [0.1, 0.15) is 24.1 Å².